The van der Waals surface area contributed by atoms with Gasteiger partial charge in [0.1, 0.15) is 11.6 Å². The molecule has 1 atom stereocenters. The molecule has 3 aromatic rings. The van der Waals surface area contributed by atoms with E-state index in [1.165, 1.54) is 31.4 Å². The van der Waals surface area contributed by atoms with Crippen LogP contribution >= 0.6 is 0 Å². The Morgan fingerprint density at radius 2 is 1.93 bits per heavy atom. The van der Waals surface area contributed by atoms with Gasteiger partial charge in [0.25, 0.3) is 0 Å². The van der Waals surface area contributed by atoms with Gasteiger partial charge in [0.15, 0.2) is 5.65 Å². The Kier molecular flexibility index (Phi) is 5.34. The molecule has 1 aliphatic heterocycles. The van der Waals surface area contributed by atoms with E-state index in [1.807, 2.05) is 24.0 Å². The summed E-state index contributed by atoms with van der Waals surface area (Å²) in [5, 5.41) is 8.98. The lowest BCUT2D eigenvalue weighted by Crippen LogP contribution is -2.40. The molecule has 4 rings (SSSR count). The number of anilines is 1. The normalized spacial score (nSPS) is 18.1. The van der Waals surface area contributed by atoms with Gasteiger partial charge < -0.3 is 10.2 Å². The second-order valence-electron chi connectivity index (χ2n) is 7.49. The molecule has 0 saturated carbocycles. The predicted molar refractivity (Wildman–Crippen MR) is 109 cm³/mol. The van der Waals surface area contributed by atoms with Crippen molar-refractivity contribution < 1.29 is 0 Å². The number of likely N-dealkylation sites (N-methyl/N-ethyl adjacent to an activating group) is 1. The van der Waals surface area contributed by atoms with E-state index in [1.54, 1.807) is 0 Å². The maximum Gasteiger partial charge on any atom is 0.163 e. The highest BCUT2D eigenvalue weighted by Gasteiger charge is 2.19. The molecule has 1 aromatic carbocycles. The van der Waals surface area contributed by atoms with Crippen molar-refractivity contribution in [2.45, 2.75) is 38.1 Å². The van der Waals surface area contributed by atoms with Gasteiger partial charge in [-0.2, -0.15) is 5.10 Å². The summed E-state index contributed by atoms with van der Waals surface area (Å²) in [5.41, 5.74) is 2.21. The van der Waals surface area contributed by atoms with Crippen molar-refractivity contribution >= 4 is 16.9 Å². The highest BCUT2D eigenvalue weighted by Crippen LogP contribution is 2.22. The summed E-state index contributed by atoms with van der Waals surface area (Å²) in [6.45, 7) is 2.09. The summed E-state index contributed by atoms with van der Waals surface area (Å²) in [4.78, 5) is 12.1. The summed E-state index contributed by atoms with van der Waals surface area (Å²) in [5.74, 6) is 1.78. The van der Waals surface area contributed by atoms with Gasteiger partial charge in [-0.05, 0) is 38.4 Å². The van der Waals surface area contributed by atoms with E-state index in [9.17, 15) is 0 Å². The summed E-state index contributed by atoms with van der Waals surface area (Å²) >= 11 is 0. The number of hydrogen-bond acceptors (Lipinski definition) is 5. The summed E-state index contributed by atoms with van der Waals surface area (Å²) in [6, 6.07) is 11.1. The zero-order valence-corrected chi connectivity index (χ0v) is 16.2. The van der Waals surface area contributed by atoms with Crippen LogP contribution in [0.5, 0.6) is 0 Å². The molecule has 0 radical (unpaired) electrons. The third-order valence-electron chi connectivity index (χ3n) is 5.55. The van der Waals surface area contributed by atoms with E-state index in [-0.39, 0.29) is 0 Å². The number of piperidine rings is 1. The third-order valence-corrected chi connectivity index (χ3v) is 5.55. The molecule has 6 heteroatoms. The topological polar surface area (TPSA) is 58.9 Å². The van der Waals surface area contributed by atoms with Gasteiger partial charge in [-0.1, -0.05) is 36.8 Å². The number of aromatic nitrogens is 4. The van der Waals surface area contributed by atoms with Crippen molar-refractivity contribution in [3.05, 3.63) is 47.9 Å². The first kappa shape index (κ1) is 17.9. The van der Waals surface area contributed by atoms with Crippen molar-refractivity contribution in [3.63, 3.8) is 0 Å². The van der Waals surface area contributed by atoms with Crippen LogP contribution in [0.15, 0.2) is 36.5 Å². The molecular formula is C21H28N6. The molecule has 1 unspecified atom stereocenters. The molecule has 0 bridgehead atoms. The van der Waals surface area contributed by atoms with E-state index in [0.717, 1.165) is 42.1 Å². The number of fused-ring (bicyclic) bond motifs is 1. The van der Waals surface area contributed by atoms with Crippen LogP contribution in [0.25, 0.3) is 11.0 Å². The van der Waals surface area contributed by atoms with Gasteiger partial charge in [-0.25, -0.2) is 9.97 Å². The minimum atomic E-state index is 0.563. The van der Waals surface area contributed by atoms with Gasteiger partial charge in [0.05, 0.1) is 11.6 Å². The first-order valence-electron chi connectivity index (χ1n) is 9.87. The average molecular weight is 364 g/mol. The Bertz CT molecular complexity index is 888. The lowest BCUT2D eigenvalue weighted by molar-refractivity contribution is 0.194. The van der Waals surface area contributed by atoms with Gasteiger partial charge in [-0.15, -0.1) is 0 Å². The van der Waals surface area contributed by atoms with Crippen molar-refractivity contribution in [1.29, 1.82) is 0 Å². The van der Waals surface area contributed by atoms with Gasteiger partial charge >= 0.3 is 0 Å². The molecule has 6 nitrogen and oxygen atoms in total. The maximum absolute atomic E-state index is 4.84. The smallest absolute Gasteiger partial charge is 0.163 e. The Morgan fingerprint density at radius 1 is 1.07 bits per heavy atom. The van der Waals surface area contributed by atoms with Crippen LogP contribution in [0, 0.1) is 0 Å². The van der Waals surface area contributed by atoms with Crippen molar-refractivity contribution in [2.24, 2.45) is 7.05 Å². The SMILES string of the molecule is CN1CCCCC1CNc1nc(CCc2ccccc2)nc2c1cnn2C. The van der Waals surface area contributed by atoms with E-state index in [0.29, 0.717) is 6.04 Å². The highest BCUT2D eigenvalue weighted by molar-refractivity contribution is 5.86. The highest BCUT2D eigenvalue weighted by atomic mass is 15.3. The molecule has 1 fully saturated rings. The predicted octanol–water partition coefficient (Wildman–Crippen LogP) is 3.04. The second-order valence-corrected chi connectivity index (χ2v) is 7.49. The number of benzene rings is 1. The summed E-state index contributed by atoms with van der Waals surface area (Å²) < 4.78 is 1.83. The first-order chi connectivity index (χ1) is 13.2. The third kappa shape index (κ3) is 4.11. The standard InChI is InChI=1S/C21H28N6/c1-26-13-7-6-10-17(26)14-22-20-18-15-23-27(2)21(18)25-19(24-20)12-11-16-8-4-3-5-9-16/h3-5,8-9,15,17H,6-7,10-14H2,1-2H3,(H,22,24,25). The van der Waals surface area contributed by atoms with E-state index >= 15 is 0 Å². The molecule has 1 aliphatic rings. The fourth-order valence-electron chi connectivity index (χ4n) is 3.83. The Balaban J connectivity index is 1.53. The lowest BCUT2D eigenvalue weighted by Gasteiger charge is -2.32. The van der Waals surface area contributed by atoms with Crippen molar-refractivity contribution in [1.82, 2.24) is 24.6 Å². The quantitative estimate of drug-likeness (QED) is 0.728. The van der Waals surface area contributed by atoms with Crippen molar-refractivity contribution in [2.75, 3.05) is 25.5 Å². The number of likely N-dealkylation sites (tertiary alicyclic amines) is 1. The Morgan fingerprint density at radius 3 is 2.74 bits per heavy atom. The van der Waals surface area contributed by atoms with E-state index in [4.69, 9.17) is 9.97 Å². The molecule has 0 amide bonds. The van der Waals surface area contributed by atoms with Gasteiger partial charge in [-0.3, -0.25) is 4.68 Å². The Labute approximate surface area is 160 Å². The van der Waals surface area contributed by atoms with Crippen LogP contribution in [0.1, 0.15) is 30.7 Å². The first-order valence-corrected chi connectivity index (χ1v) is 9.87. The van der Waals surface area contributed by atoms with Crippen LogP contribution < -0.4 is 5.32 Å². The minimum Gasteiger partial charge on any atom is -0.368 e. The summed E-state index contributed by atoms with van der Waals surface area (Å²) in [6.07, 6.45) is 7.48. The molecule has 1 saturated heterocycles. The lowest BCUT2D eigenvalue weighted by atomic mass is 10.0. The van der Waals surface area contributed by atoms with Gasteiger partial charge in [0, 0.05) is 26.1 Å². The van der Waals surface area contributed by atoms with Crippen LogP contribution in [-0.2, 0) is 19.9 Å². The van der Waals surface area contributed by atoms with E-state index < -0.39 is 0 Å². The van der Waals surface area contributed by atoms with Crippen LogP contribution in [-0.4, -0.2) is 50.8 Å². The number of hydrogen-bond donors (Lipinski definition) is 1. The van der Waals surface area contributed by atoms with Crippen molar-refractivity contribution in [3.8, 4) is 0 Å². The van der Waals surface area contributed by atoms with Crippen LogP contribution in [0.4, 0.5) is 5.82 Å². The molecule has 0 aliphatic carbocycles. The number of aryl methyl sites for hydroxylation is 3. The molecule has 3 heterocycles. The molecule has 27 heavy (non-hydrogen) atoms. The average Bonchev–Trinajstić information content (AvgIpc) is 3.07. The van der Waals surface area contributed by atoms with Crippen LogP contribution in [0.2, 0.25) is 0 Å². The zero-order valence-electron chi connectivity index (χ0n) is 16.2. The molecule has 1 N–H and O–H groups in total. The number of nitrogens with zero attached hydrogens (tertiary/aromatic N) is 5. The monoisotopic (exact) mass is 364 g/mol. The zero-order chi connectivity index (χ0) is 18.6. The number of nitrogens with one attached hydrogen (secondary N) is 1. The fraction of sp³-hybridized carbons (Fsp3) is 0.476. The second kappa shape index (κ2) is 8.05. The van der Waals surface area contributed by atoms with E-state index in [2.05, 4.69) is 46.6 Å². The maximum atomic E-state index is 4.84. The molecule has 2 aromatic heterocycles. The molecular weight excluding hydrogens is 336 g/mol. The van der Waals surface area contributed by atoms with Crippen LogP contribution in [0.3, 0.4) is 0 Å². The Hall–Kier alpha value is -2.47. The van der Waals surface area contributed by atoms with Gasteiger partial charge in [0.2, 0.25) is 0 Å². The molecule has 142 valence electrons. The number of rotatable bonds is 6. The molecule has 0 spiro atoms. The largest absolute Gasteiger partial charge is 0.368 e. The minimum absolute atomic E-state index is 0.563. The fourth-order valence-corrected chi connectivity index (χ4v) is 3.83. The summed E-state index contributed by atoms with van der Waals surface area (Å²) in [7, 11) is 4.16.